The van der Waals surface area contributed by atoms with Crippen molar-refractivity contribution in [1.29, 1.82) is 0 Å². The largest absolute Gasteiger partial charge is 0.345 e. The van der Waals surface area contributed by atoms with Crippen LogP contribution in [0.25, 0.3) is 16.8 Å². The van der Waals surface area contributed by atoms with Crippen LogP contribution in [0.5, 0.6) is 0 Å². The van der Waals surface area contributed by atoms with Crippen LogP contribution in [-0.4, -0.2) is 56.1 Å². The molecule has 2 atom stereocenters. The first kappa shape index (κ1) is 17.1. The number of piperidine rings is 1. The fourth-order valence-electron chi connectivity index (χ4n) is 4.67. The Bertz CT molecular complexity index is 1070. The molecule has 1 saturated carbocycles. The number of aromatic amines is 1. The molecule has 2 fully saturated rings. The quantitative estimate of drug-likeness (QED) is 0.740. The molecule has 0 radical (unpaired) electrons. The van der Waals surface area contributed by atoms with Gasteiger partial charge in [-0.3, -0.25) is 4.40 Å². The second-order valence-corrected chi connectivity index (χ2v) is 9.85. The van der Waals surface area contributed by atoms with Crippen molar-refractivity contribution in [3.63, 3.8) is 0 Å². The molecule has 3 aromatic rings. The van der Waals surface area contributed by atoms with Crippen LogP contribution >= 0.6 is 0 Å². The van der Waals surface area contributed by atoms with E-state index in [1.807, 2.05) is 12.3 Å². The zero-order valence-electron chi connectivity index (χ0n) is 15.2. The molecule has 0 unspecified atom stereocenters. The van der Waals surface area contributed by atoms with Gasteiger partial charge in [-0.25, -0.2) is 17.7 Å². The van der Waals surface area contributed by atoms with Gasteiger partial charge in [0.1, 0.15) is 5.82 Å². The maximum absolute atomic E-state index is 12.8. The molecular weight excluding hydrogens is 364 g/mol. The van der Waals surface area contributed by atoms with Crippen LogP contribution in [0, 0.1) is 5.92 Å². The van der Waals surface area contributed by atoms with E-state index in [1.165, 1.54) is 0 Å². The molecule has 5 rings (SSSR count). The van der Waals surface area contributed by atoms with Gasteiger partial charge in [-0.2, -0.15) is 0 Å². The predicted molar refractivity (Wildman–Crippen MR) is 102 cm³/mol. The maximum Gasteiger partial charge on any atom is 0.214 e. The molecule has 4 heterocycles. The van der Waals surface area contributed by atoms with Gasteiger partial charge >= 0.3 is 0 Å². The molecule has 3 aromatic heterocycles. The molecule has 1 N–H and O–H groups in total. The minimum atomic E-state index is -3.15. The molecule has 144 valence electrons. The summed E-state index contributed by atoms with van der Waals surface area (Å²) in [5.74, 6) is 1.62. The lowest BCUT2D eigenvalue weighted by atomic mass is 10.1. The van der Waals surface area contributed by atoms with Crippen molar-refractivity contribution >= 4 is 26.8 Å². The highest BCUT2D eigenvalue weighted by Gasteiger charge is 2.34. The van der Waals surface area contributed by atoms with Gasteiger partial charge in [0.25, 0.3) is 0 Å². The molecule has 1 aliphatic carbocycles. The Hall–Kier alpha value is -2.00. The number of hydrogen-bond donors (Lipinski definition) is 1. The first-order valence-corrected chi connectivity index (χ1v) is 11.4. The third-order valence-corrected chi connectivity index (χ3v) is 8.07. The van der Waals surface area contributed by atoms with Gasteiger partial charge in [0, 0.05) is 25.2 Å². The van der Waals surface area contributed by atoms with Crippen molar-refractivity contribution in [2.45, 2.75) is 44.4 Å². The third kappa shape index (κ3) is 3.02. The number of H-pyrrole nitrogens is 1. The summed E-state index contributed by atoms with van der Waals surface area (Å²) in [6.45, 7) is 1.37. The number of nitrogens with one attached hydrogen (secondary N) is 1. The lowest BCUT2D eigenvalue weighted by Gasteiger charge is -2.27. The number of aromatic nitrogens is 5. The van der Waals surface area contributed by atoms with Crippen LogP contribution in [0.4, 0.5) is 0 Å². The summed E-state index contributed by atoms with van der Waals surface area (Å²) in [6.07, 6.45) is 9.43. The average Bonchev–Trinajstić information content (AvgIpc) is 3.40. The molecule has 1 saturated heterocycles. The van der Waals surface area contributed by atoms with Gasteiger partial charge in [0.05, 0.1) is 17.5 Å². The van der Waals surface area contributed by atoms with Crippen LogP contribution < -0.4 is 0 Å². The molecule has 0 bridgehead atoms. The van der Waals surface area contributed by atoms with Gasteiger partial charge in [0.15, 0.2) is 11.3 Å². The van der Waals surface area contributed by atoms with Crippen molar-refractivity contribution in [3.8, 4) is 0 Å². The lowest BCUT2D eigenvalue weighted by Crippen LogP contribution is -2.38. The Morgan fingerprint density at radius 3 is 2.85 bits per heavy atom. The van der Waals surface area contributed by atoms with Gasteiger partial charge in [-0.15, -0.1) is 10.2 Å². The molecule has 8 nitrogen and oxygen atoms in total. The van der Waals surface area contributed by atoms with Crippen molar-refractivity contribution in [3.05, 3.63) is 24.3 Å². The SMILES string of the molecule is O=S(=O)(C[C@H]1CC[C@@H](c2nnc3cnc4[nH]ccc4n23)C1)N1CCCCC1. The van der Waals surface area contributed by atoms with E-state index in [0.717, 1.165) is 61.2 Å². The van der Waals surface area contributed by atoms with E-state index in [2.05, 4.69) is 24.6 Å². The minimum Gasteiger partial charge on any atom is -0.345 e. The van der Waals surface area contributed by atoms with E-state index in [-0.39, 0.29) is 17.6 Å². The summed E-state index contributed by atoms with van der Waals surface area (Å²) in [5.41, 5.74) is 2.52. The number of rotatable bonds is 4. The van der Waals surface area contributed by atoms with Crippen molar-refractivity contribution < 1.29 is 8.42 Å². The number of sulfonamides is 1. The summed E-state index contributed by atoms with van der Waals surface area (Å²) < 4.78 is 29.3. The van der Waals surface area contributed by atoms with E-state index in [4.69, 9.17) is 0 Å². The Morgan fingerprint density at radius 2 is 2.00 bits per heavy atom. The Balaban J connectivity index is 1.37. The smallest absolute Gasteiger partial charge is 0.214 e. The maximum atomic E-state index is 12.8. The topological polar surface area (TPSA) is 96.2 Å². The highest BCUT2D eigenvalue weighted by atomic mass is 32.2. The fourth-order valence-corrected chi connectivity index (χ4v) is 6.59. The van der Waals surface area contributed by atoms with Gasteiger partial charge < -0.3 is 4.98 Å². The predicted octanol–water partition coefficient (Wildman–Crippen LogP) is 2.31. The van der Waals surface area contributed by atoms with E-state index >= 15 is 0 Å². The zero-order chi connectivity index (χ0) is 18.4. The number of nitrogens with zero attached hydrogens (tertiary/aromatic N) is 5. The van der Waals surface area contributed by atoms with Crippen LogP contribution in [-0.2, 0) is 10.0 Å². The van der Waals surface area contributed by atoms with E-state index in [1.54, 1.807) is 10.5 Å². The highest BCUT2D eigenvalue weighted by Crippen LogP contribution is 2.39. The monoisotopic (exact) mass is 388 g/mol. The van der Waals surface area contributed by atoms with Crippen molar-refractivity contribution in [2.75, 3.05) is 18.8 Å². The van der Waals surface area contributed by atoms with Crippen LogP contribution in [0.2, 0.25) is 0 Å². The van der Waals surface area contributed by atoms with E-state index in [0.29, 0.717) is 13.1 Å². The standard InChI is InChI=1S/C18H24N6O2S/c25-27(26,23-8-2-1-3-9-23)12-13-4-5-14(10-13)18-22-21-16-11-20-17-15(24(16)18)6-7-19-17/h6-7,11,13-14,19H,1-5,8-10,12H2/t13-,14+/m0/s1. The van der Waals surface area contributed by atoms with Gasteiger partial charge in [0.2, 0.25) is 10.0 Å². The zero-order valence-corrected chi connectivity index (χ0v) is 16.0. The van der Waals surface area contributed by atoms with Crippen LogP contribution in [0.15, 0.2) is 18.5 Å². The third-order valence-electron chi connectivity index (χ3n) is 6.03. The fraction of sp³-hybridized carbons (Fsp3) is 0.611. The average molecular weight is 388 g/mol. The Labute approximate surface area is 158 Å². The molecule has 27 heavy (non-hydrogen) atoms. The second-order valence-electron chi connectivity index (χ2n) is 7.84. The summed E-state index contributed by atoms with van der Waals surface area (Å²) in [5, 5.41) is 8.70. The number of hydrogen-bond acceptors (Lipinski definition) is 5. The summed E-state index contributed by atoms with van der Waals surface area (Å²) in [7, 11) is -3.15. The summed E-state index contributed by atoms with van der Waals surface area (Å²) >= 11 is 0. The second kappa shape index (κ2) is 6.56. The van der Waals surface area contributed by atoms with Crippen LogP contribution in [0.3, 0.4) is 0 Å². The van der Waals surface area contributed by atoms with E-state index in [9.17, 15) is 8.42 Å². The summed E-state index contributed by atoms with van der Waals surface area (Å²) in [4.78, 5) is 7.48. The first-order chi connectivity index (χ1) is 13.1. The summed E-state index contributed by atoms with van der Waals surface area (Å²) in [6, 6.07) is 1.98. The normalized spacial score (nSPS) is 24.9. The first-order valence-electron chi connectivity index (χ1n) is 9.77. The Kier molecular flexibility index (Phi) is 4.16. The molecular formula is C18H24N6O2S. The lowest BCUT2D eigenvalue weighted by molar-refractivity contribution is 0.343. The van der Waals surface area contributed by atoms with Crippen LogP contribution in [0.1, 0.15) is 50.3 Å². The highest BCUT2D eigenvalue weighted by molar-refractivity contribution is 7.89. The number of fused-ring (bicyclic) bond motifs is 3. The molecule has 2 aliphatic rings. The minimum absolute atomic E-state index is 0.192. The molecule has 9 heteroatoms. The Morgan fingerprint density at radius 1 is 1.15 bits per heavy atom. The van der Waals surface area contributed by atoms with E-state index < -0.39 is 10.0 Å². The van der Waals surface area contributed by atoms with Gasteiger partial charge in [-0.1, -0.05) is 6.42 Å². The molecule has 1 aliphatic heterocycles. The molecule has 0 spiro atoms. The molecule has 0 amide bonds. The molecule has 0 aromatic carbocycles. The van der Waals surface area contributed by atoms with Crippen molar-refractivity contribution in [2.24, 2.45) is 5.92 Å². The van der Waals surface area contributed by atoms with Crippen molar-refractivity contribution in [1.82, 2.24) is 28.9 Å². The van der Waals surface area contributed by atoms with Gasteiger partial charge in [-0.05, 0) is 44.1 Å².